The zero-order valence-electron chi connectivity index (χ0n) is 7.37. The van der Waals surface area contributed by atoms with Gasteiger partial charge in [-0.05, 0) is 18.2 Å². The highest BCUT2D eigenvalue weighted by molar-refractivity contribution is 6.34. The van der Waals surface area contributed by atoms with E-state index in [1.807, 2.05) is 0 Å². The van der Waals surface area contributed by atoms with E-state index in [1.54, 1.807) is 0 Å². The zero-order valence-corrected chi connectivity index (χ0v) is 8.12. The molecule has 0 saturated carbocycles. The van der Waals surface area contributed by atoms with E-state index in [4.69, 9.17) is 16.7 Å². The Morgan fingerprint density at radius 1 is 1.33 bits per heavy atom. The molecular formula is C10H5ClFNO2. The molecule has 2 rings (SSSR count). The predicted octanol–water partition coefficient (Wildman–Crippen LogP) is 2.73. The number of halogens is 2. The molecule has 0 spiro atoms. The van der Waals surface area contributed by atoms with Crippen molar-refractivity contribution in [2.45, 2.75) is 0 Å². The molecule has 0 radical (unpaired) electrons. The van der Waals surface area contributed by atoms with Gasteiger partial charge in [0.2, 0.25) is 0 Å². The second-order valence-electron chi connectivity index (χ2n) is 2.92. The number of nitrogens with zero attached hydrogens (tertiary/aromatic N) is 1. The maximum atomic E-state index is 13.3. The Kier molecular flexibility index (Phi) is 2.28. The Balaban J connectivity index is 2.94. The van der Waals surface area contributed by atoms with Crippen molar-refractivity contribution in [1.29, 1.82) is 0 Å². The average molecular weight is 226 g/mol. The van der Waals surface area contributed by atoms with Gasteiger partial charge in [0.1, 0.15) is 16.5 Å². The van der Waals surface area contributed by atoms with Crippen LogP contribution in [0.2, 0.25) is 5.15 Å². The molecule has 76 valence electrons. The van der Waals surface area contributed by atoms with E-state index in [0.29, 0.717) is 5.39 Å². The summed E-state index contributed by atoms with van der Waals surface area (Å²) in [4.78, 5) is 14.6. The molecular weight excluding hydrogens is 221 g/mol. The molecule has 0 unspecified atom stereocenters. The highest BCUT2D eigenvalue weighted by Crippen LogP contribution is 2.25. The van der Waals surface area contributed by atoms with E-state index in [9.17, 15) is 9.18 Å². The molecule has 1 N–H and O–H groups in total. The van der Waals surface area contributed by atoms with Crippen molar-refractivity contribution in [3.8, 4) is 0 Å². The van der Waals surface area contributed by atoms with Crippen molar-refractivity contribution in [2.24, 2.45) is 0 Å². The summed E-state index contributed by atoms with van der Waals surface area (Å²) in [6.45, 7) is 0. The quantitative estimate of drug-likeness (QED) is 0.760. The van der Waals surface area contributed by atoms with Crippen LogP contribution < -0.4 is 0 Å². The van der Waals surface area contributed by atoms with Gasteiger partial charge in [0.15, 0.2) is 0 Å². The van der Waals surface area contributed by atoms with E-state index in [0.717, 1.165) is 6.07 Å². The molecule has 1 heterocycles. The number of pyridine rings is 1. The van der Waals surface area contributed by atoms with Gasteiger partial charge in [-0.2, -0.15) is 0 Å². The van der Waals surface area contributed by atoms with Crippen molar-refractivity contribution < 1.29 is 14.3 Å². The largest absolute Gasteiger partial charge is 0.478 e. The molecule has 5 heteroatoms. The summed E-state index contributed by atoms with van der Waals surface area (Å²) in [6.07, 6.45) is 1.34. The molecule has 0 atom stereocenters. The number of fused-ring (bicyclic) bond motifs is 1. The summed E-state index contributed by atoms with van der Waals surface area (Å²) in [5, 5.41) is 9.69. The van der Waals surface area contributed by atoms with Crippen LogP contribution in [0.15, 0.2) is 24.4 Å². The third-order valence-electron chi connectivity index (χ3n) is 2.06. The Morgan fingerprint density at radius 3 is 2.73 bits per heavy atom. The van der Waals surface area contributed by atoms with E-state index < -0.39 is 11.8 Å². The first-order chi connectivity index (χ1) is 7.11. The molecule has 1 aromatic heterocycles. The van der Waals surface area contributed by atoms with Gasteiger partial charge in [-0.15, -0.1) is 0 Å². The van der Waals surface area contributed by atoms with Gasteiger partial charge in [0, 0.05) is 17.0 Å². The number of aromatic carboxylic acids is 1. The highest BCUT2D eigenvalue weighted by atomic mass is 35.5. The summed E-state index contributed by atoms with van der Waals surface area (Å²) in [7, 11) is 0. The Morgan fingerprint density at radius 2 is 2.07 bits per heavy atom. The lowest BCUT2D eigenvalue weighted by atomic mass is 10.1. The number of carboxylic acids is 1. The number of benzene rings is 1. The third kappa shape index (κ3) is 1.53. The van der Waals surface area contributed by atoms with E-state index in [1.165, 1.54) is 18.3 Å². The molecule has 0 amide bonds. The first-order valence-corrected chi connectivity index (χ1v) is 4.45. The summed E-state index contributed by atoms with van der Waals surface area (Å²) in [5.74, 6) is -2.10. The van der Waals surface area contributed by atoms with Crippen LogP contribution in [0.4, 0.5) is 4.39 Å². The maximum absolute atomic E-state index is 13.3. The van der Waals surface area contributed by atoms with Crippen molar-refractivity contribution in [1.82, 2.24) is 4.98 Å². The van der Waals surface area contributed by atoms with E-state index in [-0.39, 0.29) is 16.1 Å². The van der Waals surface area contributed by atoms with Gasteiger partial charge in [0.25, 0.3) is 0 Å². The number of rotatable bonds is 1. The minimum Gasteiger partial charge on any atom is -0.478 e. The van der Waals surface area contributed by atoms with Crippen molar-refractivity contribution in [2.75, 3.05) is 0 Å². The molecule has 2 aromatic rings. The minimum absolute atomic E-state index is 0.162. The van der Waals surface area contributed by atoms with E-state index in [2.05, 4.69) is 4.98 Å². The van der Waals surface area contributed by atoms with Crippen LogP contribution in [0.3, 0.4) is 0 Å². The monoisotopic (exact) mass is 225 g/mol. The van der Waals surface area contributed by atoms with Gasteiger partial charge in [-0.1, -0.05) is 11.6 Å². The molecule has 0 aliphatic rings. The van der Waals surface area contributed by atoms with Gasteiger partial charge in [0.05, 0.1) is 0 Å². The van der Waals surface area contributed by atoms with Crippen molar-refractivity contribution >= 4 is 28.3 Å². The van der Waals surface area contributed by atoms with Gasteiger partial charge < -0.3 is 5.11 Å². The zero-order chi connectivity index (χ0) is 11.0. The molecule has 1 aromatic carbocycles. The summed E-state index contributed by atoms with van der Waals surface area (Å²) in [6, 6.07) is 3.90. The van der Waals surface area contributed by atoms with Crippen LogP contribution in [-0.4, -0.2) is 16.1 Å². The summed E-state index contributed by atoms with van der Waals surface area (Å²) < 4.78 is 13.3. The molecule has 0 saturated heterocycles. The predicted molar refractivity (Wildman–Crippen MR) is 53.7 cm³/mol. The van der Waals surface area contributed by atoms with E-state index >= 15 is 0 Å². The van der Waals surface area contributed by atoms with Gasteiger partial charge in [-0.25, -0.2) is 14.2 Å². The Hall–Kier alpha value is -1.68. The standard InChI is InChI=1S/C10H5ClFNO2/c11-9-6-1-2-7(12)8(10(14)15)5(6)3-4-13-9/h1-4H,(H,14,15). The number of carbonyl (C=O) groups is 1. The topological polar surface area (TPSA) is 50.2 Å². The fourth-order valence-corrected chi connectivity index (χ4v) is 1.63. The normalized spacial score (nSPS) is 10.5. The number of carboxylic acid groups (broad SMARTS) is 1. The first-order valence-electron chi connectivity index (χ1n) is 4.07. The highest BCUT2D eigenvalue weighted by Gasteiger charge is 2.15. The molecule has 0 bridgehead atoms. The molecule has 0 aliphatic carbocycles. The van der Waals surface area contributed by atoms with Crippen LogP contribution in [0.5, 0.6) is 0 Å². The van der Waals surface area contributed by atoms with Crippen LogP contribution in [0, 0.1) is 5.82 Å². The fraction of sp³-hybridized carbons (Fsp3) is 0. The lowest BCUT2D eigenvalue weighted by molar-refractivity contribution is 0.0694. The first kappa shape index (κ1) is 9.86. The lowest BCUT2D eigenvalue weighted by Crippen LogP contribution is -2.01. The second kappa shape index (κ2) is 3.47. The number of hydrogen-bond acceptors (Lipinski definition) is 2. The lowest BCUT2D eigenvalue weighted by Gasteiger charge is -2.04. The van der Waals surface area contributed by atoms with Crippen molar-refractivity contribution in [3.63, 3.8) is 0 Å². The van der Waals surface area contributed by atoms with Crippen LogP contribution in [0.1, 0.15) is 10.4 Å². The summed E-state index contributed by atoms with van der Waals surface area (Å²) >= 11 is 5.76. The number of hydrogen-bond donors (Lipinski definition) is 1. The molecule has 3 nitrogen and oxygen atoms in total. The van der Waals surface area contributed by atoms with Crippen LogP contribution in [0.25, 0.3) is 10.8 Å². The fourth-order valence-electron chi connectivity index (χ4n) is 1.41. The second-order valence-corrected chi connectivity index (χ2v) is 3.28. The summed E-state index contributed by atoms with van der Waals surface area (Å²) in [5.41, 5.74) is -0.378. The molecule has 0 fully saturated rings. The van der Waals surface area contributed by atoms with Crippen molar-refractivity contribution in [3.05, 3.63) is 40.9 Å². The van der Waals surface area contributed by atoms with Gasteiger partial charge in [-0.3, -0.25) is 0 Å². The Bertz CT molecular complexity index is 556. The SMILES string of the molecule is O=C(O)c1c(F)ccc2c(Cl)nccc12. The maximum Gasteiger partial charge on any atom is 0.339 e. The third-order valence-corrected chi connectivity index (χ3v) is 2.36. The number of aromatic nitrogens is 1. The smallest absolute Gasteiger partial charge is 0.339 e. The average Bonchev–Trinajstić information content (AvgIpc) is 2.17. The van der Waals surface area contributed by atoms with Gasteiger partial charge >= 0.3 is 5.97 Å². The molecule has 0 aliphatic heterocycles. The molecule has 15 heavy (non-hydrogen) atoms. The van der Waals surface area contributed by atoms with Crippen LogP contribution >= 0.6 is 11.6 Å². The Labute approximate surface area is 89.1 Å². The minimum atomic E-state index is -1.32. The van der Waals surface area contributed by atoms with Crippen LogP contribution in [-0.2, 0) is 0 Å².